The van der Waals surface area contributed by atoms with E-state index in [0.717, 1.165) is 12.1 Å². The second-order valence-corrected chi connectivity index (χ2v) is 8.46. The van der Waals surface area contributed by atoms with Crippen molar-refractivity contribution >= 4 is 35.1 Å². The summed E-state index contributed by atoms with van der Waals surface area (Å²) in [7, 11) is 1.27. The number of para-hydroxylation sites is 1. The number of hydrogen-bond donors (Lipinski definition) is 2. The molecule has 2 N–H and O–H groups in total. The number of anilines is 1. The van der Waals surface area contributed by atoms with Crippen LogP contribution in [-0.4, -0.2) is 30.5 Å². The number of furan rings is 1. The van der Waals surface area contributed by atoms with Crippen molar-refractivity contribution in [2.45, 2.75) is 25.2 Å². The summed E-state index contributed by atoms with van der Waals surface area (Å²) in [6, 6.07) is 12.2. The van der Waals surface area contributed by atoms with Crippen molar-refractivity contribution < 1.29 is 23.5 Å². The van der Waals surface area contributed by atoms with Gasteiger partial charge in [-0.2, -0.15) is 5.26 Å². The summed E-state index contributed by atoms with van der Waals surface area (Å²) < 4.78 is 10.3. The largest absolute Gasteiger partial charge is 0.468 e. The number of nitrogens with one attached hydrogen (secondary N) is 2. The minimum Gasteiger partial charge on any atom is -0.468 e. The van der Waals surface area contributed by atoms with Crippen LogP contribution in [0.3, 0.4) is 0 Å². The highest BCUT2D eigenvalue weighted by atomic mass is 32.2. The van der Waals surface area contributed by atoms with Gasteiger partial charge < -0.3 is 19.8 Å². The Labute approximate surface area is 194 Å². The topological polar surface area (TPSA) is 121 Å². The fourth-order valence-electron chi connectivity index (χ4n) is 3.98. The average Bonchev–Trinajstić information content (AvgIpc) is 3.36. The third-order valence-electron chi connectivity index (χ3n) is 5.44. The van der Waals surface area contributed by atoms with Gasteiger partial charge in [0, 0.05) is 17.7 Å². The van der Waals surface area contributed by atoms with Crippen LogP contribution in [0.2, 0.25) is 0 Å². The third-order valence-corrected chi connectivity index (χ3v) is 6.46. The Kier molecular flexibility index (Phi) is 6.66. The number of methoxy groups -OCH3 is 1. The molecule has 0 saturated carbocycles. The molecule has 1 aromatic heterocycles. The van der Waals surface area contributed by atoms with Gasteiger partial charge in [-0.15, -0.1) is 0 Å². The van der Waals surface area contributed by atoms with E-state index in [-0.39, 0.29) is 23.0 Å². The van der Waals surface area contributed by atoms with Crippen LogP contribution in [-0.2, 0) is 14.3 Å². The minimum atomic E-state index is -0.598. The number of thioether (sulfide) groups is 1. The van der Waals surface area contributed by atoms with Gasteiger partial charge in [-0.1, -0.05) is 23.9 Å². The number of ether oxygens (including phenoxy) is 1. The molecular formula is C24H21N3O5S. The van der Waals surface area contributed by atoms with Gasteiger partial charge in [0.05, 0.1) is 53.0 Å². The van der Waals surface area contributed by atoms with Crippen LogP contribution in [0.15, 0.2) is 69.0 Å². The summed E-state index contributed by atoms with van der Waals surface area (Å²) in [6.07, 6.45) is 3.35. The van der Waals surface area contributed by atoms with Gasteiger partial charge in [0.2, 0.25) is 5.91 Å². The summed E-state index contributed by atoms with van der Waals surface area (Å²) in [5.41, 5.74) is 2.27. The standard InChI is InChI=1S/C24H21N3O5S/c1-31-24(30)14-6-2-3-7-16(14)26-20(29)13-33-23-15(12-25)21(19-10-5-11-32-19)22-17(27-23)8-4-9-18(22)28/h2-3,5-7,10-11,21,27H,4,8-9,13H2,1H3,(H,26,29)/t21-/m0/s1. The smallest absolute Gasteiger partial charge is 0.339 e. The van der Waals surface area contributed by atoms with E-state index in [1.807, 2.05) is 0 Å². The van der Waals surface area contributed by atoms with E-state index in [0.29, 0.717) is 40.5 Å². The fourth-order valence-corrected chi connectivity index (χ4v) is 4.84. The van der Waals surface area contributed by atoms with Crippen molar-refractivity contribution in [2.24, 2.45) is 0 Å². The molecule has 0 fully saturated rings. The molecule has 9 heteroatoms. The minimum absolute atomic E-state index is 0.000824. The predicted molar refractivity (Wildman–Crippen MR) is 122 cm³/mol. The van der Waals surface area contributed by atoms with Crippen LogP contribution in [0.1, 0.15) is 41.3 Å². The molecule has 0 radical (unpaired) electrons. The number of dihydropyridines is 1. The molecule has 1 amide bonds. The van der Waals surface area contributed by atoms with Crippen molar-refractivity contribution in [3.8, 4) is 6.07 Å². The summed E-state index contributed by atoms with van der Waals surface area (Å²) in [4.78, 5) is 37.3. The van der Waals surface area contributed by atoms with E-state index in [2.05, 4.69) is 16.7 Å². The quantitative estimate of drug-likeness (QED) is 0.619. The summed E-state index contributed by atoms with van der Waals surface area (Å²) in [5, 5.41) is 16.4. The number of nitrogens with zero attached hydrogens (tertiary/aromatic N) is 1. The Morgan fingerprint density at radius 3 is 2.82 bits per heavy atom. The number of amides is 1. The molecule has 2 heterocycles. The number of benzene rings is 1. The highest BCUT2D eigenvalue weighted by Gasteiger charge is 2.38. The van der Waals surface area contributed by atoms with Crippen molar-refractivity contribution in [3.63, 3.8) is 0 Å². The molecule has 168 valence electrons. The van der Waals surface area contributed by atoms with Gasteiger partial charge in [-0.3, -0.25) is 9.59 Å². The third kappa shape index (κ3) is 4.56. The molecule has 1 aliphatic carbocycles. The molecule has 2 aliphatic rings. The first-order valence-corrected chi connectivity index (χ1v) is 11.3. The SMILES string of the molecule is COC(=O)c1ccccc1NC(=O)CSC1=C(C#N)[C@@H](c2ccco2)C2=C(CCCC2=O)N1. The lowest BCUT2D eigenvalue weighted by molar-refractivity contribution is -0.116. The second-order valence-electron chi connectivity index (χ2n) is 7.47. The number of rotatable bonds is 6. The maximum atomic E-state index is 12.7. The van der Waals surface area contributed by atoms with E-state index in [9.17, 15) is 19.6 Å². The van der Waals surface area contributed by atoms with E-state index in [1.165, 1.54) is 25.1 Å². The Balaban J connectivity index is 1.56. The lowest BCUT2D eigenvalue weighted by Crippen LogP contribution is -2.31. The summed E-state index contributed by atoms with van der Waals surface area (Å²) in [6.45, 7) is 0. The zero-order chi connectivity index (χ0) is 23.4. The number of ketones is 1. The molecule has 0 bridgehead atoms. The molecule has 1 aliphatic heterocycles. The van der Waals surface area contributed by atoms with Gasteiger partial charge in [-0.25, -0.2) is 4.79 Å². The number of Topliss-reactive ketones (excluding diaryl/α,β-unsaturated/α-hetero) is 1. The van der Waals surface area contributed by atoms with E-state index < -0.39 is 11.9 Å². The summed E-state index contributed by atoms with van der Waals surface area (Å²) in [5.74, 6) is -0.990. The molecule has 2 aromatic rings. The number of carbonyl (C=O) groups is 3. The van der Waals surface area contributed by atoms with Crippen LogP contribution in [0.25, 0.3) is 0 Å². The van der Waals surface area contributed by atoms with Crippen LogP contribution in [0.5, 0.6) is 0 Å². The number of nitriles is 1. The highest BCUT2D eigenvalue weighted by molar-refractivity contribution is 8.03. The highest BCUT2D eigenvalue weighted by Crippen LogP contribution is 2.44. The van der Waals surface area contributed by atoms with Gasteiger partial charge in [0.1, 0.15) is 5.76 Å². The Bertz CT molecular complexity index is 1210. The Morgan fingerprint density at radius 2 is 2.09 bits per heavy atom. The normalized spacial score (nSPS) is 17.7. The van der Waals surface area contributed by atoms with Crippen LogP contribution in [0.4, 0.5) is 5.69 Å². The molecule has 0 unspecified atom stereocenters. The molecule has 8 nitrogen and oxygen atoms in total. The fraction of sp³-hybridized carbons (Fsp3) is 0.250. The number of hydrogen-bond acceptors (Lipinski definition) is 8. The maximum Gasteiger partial charge on any atom is 0.339 e. The van der Waals surface area contributed by atoms with Crippen molar-refractivity contribution in [1.29, 1.82) is 5.26 Å². The molecule has 4 rings (SSSR count). The average molecular weight is 464 g/mol. The van der Waals surface area contributed by atoms with Crippen LogP contribution >= 0.6 is 11.8 Å². The molecule has 1 atom stereocenters. The first-order chi connectivity index (χ1) is 16.0. The number of carbonyl (C=O) groups excluding carboxylic acids is 3. The predicted octanol–water partition coefficient (Wildman–Crippen LogP) is 3.87. The van der Waals surface area contributed by atoms with E-state index in [4.69, 9.17) is 9.15 Å². The molecule has 1 aromatic carbocycles. The van der Waals surface area contributed by atoms with Crippen LogP contribution in [0, 0.1) is 11.3 Å². The molecular weight excluding hydrogens is 442 g/mol. The van der Waals surface area contributed by atoms with Gasteiger partial charge in [0.25, 0.3) is 0 Å². The Hall–Kier alpha value is -3.77. The molecule has 0 spiro atoms. The first-order valence-electron chi connectivity index (χ1n) is 10.3. The monoisotopic (exact) mass is 463 g/mol. The lowest BCUT2D eigenvalue weighted by Gasteiger charge is -2.32. The van der Waals surface area contributed by atoms with Gasteiger partial charge >= 0.3 is 5.97 Å². The van der Waals surface area contributed by atoms with E-state index in [1.54, 1.807) is 36.4 Å². The first kappa shape index (κ1) is 22.4. The van der Waals surface area contributed by atoms with E-state index >= 15 is 0 Å². The molecule has 33 heavy (non-hydrogen) atoms. The maximum absolute atomic E-state index is 12.7. The lowest BCUT2D eigenvalue weighted by atomic mass is 9.79. The Morgan fingerprint density at radius 1 is 1.27 bits per heavy atom. The summed E-state index contributed by atoms with van der Waals surface area (Å²) >= 11 is 1.17. The van der Waals surface area contributed by atoms with Gasteiger partial charge in [-0.05, 0) is 37.1 Å². The van der Waals surface area contributed by atoms with Crippen molar-refractivity contribution in [2.75, 3.05) is 18.2 Å². The molecule has 0 saturated heterocycles. The van der Waals surface area contributed by atoms with Crippen molar-refractivity contribution in [1.82, 2.24) is 5.32 Å². The van der Waals surface area contributed by atoms with Crippen molar-refractivity contribution in [3.05, 3.63) is 75.9 Å². The van der Waals surface area contributed by atoms with Crippen LogP contribution < -0.4 is 10.6 Å². The zero-order valence-corrected chi connectivity index (χ0v) is 18.7. The second kappa shape index (κ2) is 9.79. The number of allylic oxidation sites excluding steroid dienone is 3. The zero-order valence-electron chi connectivity index (χ0n) is 17.8. The van der Waals surface area contributed by atoms with Gasteiger partial charge in [0.15, 0.2) is 5.78 Å². The number of esters is 1.